The molecule has 0 aliphatic carbocycles. The van der Waals surface area contributed by atoms with E-state index < -0.39 is 0 Å². The van der Waals surface area contributed by atoms with Gasteiger partial charge in [0.25, 0.3) is 5.91 Å². The first kappa shape index (κ1) is 16.5. The van der Waals surface area contributed by atoms with Gasteiger partial charge in [-0.1, -0.05) is 18.2 Å². The zero-order chi connectivity index (χ0) is 16.7. The van der Waals surface area contributed by atoms with Gasteiger partial charge in [-0.2, -0.15) is 0 Å². The van der Waals surface area contributed by atoms with E-state index in [1.165, 1.54) is 6.07 Å². The third-order valence-electron chi connectivity index (χ3n) is 3.05. The highest BCUT2D eigenvalue weighted by atomic mass is 16.5. The maximum absolute atomic E-state index is 12.3. The minimum Gasteiger partial charge on any atom is -0.706 e. The average Bonchev–Trinajstić information content (AvgIpc) is 2.58. The summed E-state index contributed by atoms with van der Waals surface area (Å²) in [5, 5.41) is 5.99. The van der Waals surface area contributed by atoms with E-state index >= 15 is 0 Å². The first-order chi connectivity index (χ1) is 11.2. The fraction of sp³-hybridized carbons (Fsp3) is 0.235. The van der Waals surface area contributed by atoms with Crippen molar-refractivity contribution in [3.05, 3.63) is 53.6 Å². The number of anilines is 1. The van der Waals surface area contributed by atoms with Crippen LogP contribution in [-0.2, 0) is 0 Å². The number of nitrogens with zero attached hydrogens (tertiary/aromatic N) is 2. The van der Waals surface area contributed by atoms with Crippen LogP contribution in [0.25, 0.3) is 5.53 Å². The molecule has 0 aliphatic rings. The quantitative estimate of drug-likeness (QED) is 0.770. The lowest BCUT2D eigenvalue weighted by molar-refractivity contribution is 0.102. The molecule has 6 nitrogen and oxygen atoms in total. The summed E-state index contributed by atoms with van der Waals surface area (Å²) in [6, 6.07) is 12.0. The Hall–Kier alpha value is -2.89. The zero-order valence-electron chi connectivity index (χ0n) is 13.1. The molecule has 0 unspecified atom stereocenters. The average molecular weight is 312 g/mol. The van der Waals surface area contributed by atoms with E-state index in [4.69, 9.17) is 15.0 Å². The molecule has 2 aromatic rings. The van der Waals surface area contributed by atoms with Gasteiger partial charge in [0.1, 0.15) is 11.5 Å². The van der Waals surface area contributed by atoms with E-state index in [0.717, 1.165) is 0 Å². The predicted molar refractivity (Wildman–Crippen MR) is 88.6 cm³/mol. The lowest BCUT2D eigenvalue weighted by Crippen LogP contribution is -2.13. The highest BCUT2D eigenvalue weighted by Crippen LogP contribution is 2.38. The third-order valence-corrected chi connectivity index (χ3v) is 3.05. The van der Waals surface area contributed by atoms with Gasteiger partial charge in [0.05, 0.1) is 24.6 Å². The predicted octanol–water partition coefficient (Wildman–Crippen LogP) is 4.39. The van der Waals surface area contributed by atoms with E-state index in [1.807, 2.05) is 19.9 Å². The Kier molecular flexibility index (Phi) is 5.68. The Morgan fingerprint density at radius 1 is 1.09 bits per heavy atom. The molecule has 6 heteroatoms. The van der Waals surface area contributed by atoms with Crippen LogP contribution in [0.2, 0.25) is 0 Å². The lowest BCUT2D eigenvalue weighted by Gasteiger charge is -2.16. The number of hydrogen-bond donors (Lipinski definition) is 1. The SMILES string of the molecule is CCOc1cc(NC(=O)c2ccccc2)c(OCC)cc1N=[N-]. The minimum absolute atomic E-state index is 0.244. The monoisotopic (exact) mass is 312 g/mol. The van der Waals surface area contributed by atoms with E-state index in [2.05, 4.69) is 10.4 Å². The highest BCUT2D eigenvalue weighted by molar-refractivity contribution is 6.05. The van der Waals surface area contributed by atoms with Crippen molar-refractivity contribution >= 4 is 17.3 Å². The van der Waals surface area contributed by atoms with Crippen LogP contribution in [0.5, 0.6) is 11.5 Å². The molecule has 2 rings (SSSR count). The molecule has 0 atom stereocenters. The molecule has 0 spiro atoms. The Morgan fingerprint density at radius 3 is 2.35 bits per heavy atom. The van der Waals surface area contributed by atoms with Gasteiger partial charge in [-0.05, 0) is 26.0 Å². The van der Waals surface area contributed by atoms with Crippen molar-refractivity contribution in [3.8, 4) is 11.5 Å². The zero-order valence-corrected chi connectivity index (χ0v) is 13.1. The number of ether oxygens (including phenoxy) is 2. The van der Waals surface area contributed by atoms with Crippen LogP contribution < -0.4 is 14.8 Å². The smallest absolute Gasteiger partial charge is 0.255 e. The van der Waals surface area contributed by atoms with Crippen molar-refractivity contribution in [1.82, 2.24) is 0 Å². The van der Waals surface area contributed by atoms with Crippen molar-refractivity contribution < 1.29 is 14.3 Å². The topological polar surface area (TPSA) is 82.2 Å². The van der Waals surface area contributed by atoms with Crippen LogP contribution in [0.15, 0.2) is 47.6 Å². The molecule has 0 radical (unpaired) electrons. The molecule has 0 saturated carbocycles. The van der Waals surface area contributed by atoms with Gasteiger partial charge in [-0.15, -0.1) is 0 Å². The van der Waals surface area contributed by atoms with Crippen molar-refractivity contribution in [1.29, 1.82) is 0 Å². The van der Waals surface area contributed by atoms with Gasteiger partial charge in [0, 0.05) is 17.7 Å². The summed E-state index contributed by atoms with van der Waals surface area (Å²) < 4.78 is 10.9. The summed E-state index contributed by atoms with van der Waals surface area (Å²) in [5.74, 6) is 0.512. The number of amides is 1. The molecule has 23 heavy (non-hydrogen) atoms. The van der Waals surface area contributed by atoms with Gasteiger partial charge in [-0.25, -0.2) is 0 Å². The molecule has 0 heterocycles. The van der Waals surface area contributed by atoms with Gasteiger partial charge in [-0.3, -0.25) is 4.79 Å². The molecule has 0 saturated heterocycles. The molecule has 0 aliphatic heterocycles. The Bertz CT molecular complexity index is 687. The minimum atomic E-state index is -0.261. The summed E-state index contributed by atoms with van der Waals surface area (Å²) >= 11 is 0. The van der Waals surface area contributed by atoms with Gasteiger partial charge in [0.15, 0.2) is 0 Å². The first-order valence-corrected chi connectivity index (χ1v) is 7.34. The molecule has 120 valence electrons. The summed E-state index contributed by atoms with van der Waals surface area (Å²) in [6.45, 7) is 4.46. The van der Waals surface area contributed by atoms with Crippen molar-refractivity contribution in [2.75, 3.05) is 18.5 Å². The summed E-state index contributed by atoms with van der Waals surface area (Å²) in [7, 11) is 0. The van der Waals surface area contributed by atoms with Gasteiger partial charge < -0.3 is 25.4 Å². The fourth-order valence-corrected chi connectivity index (χ4v) is 2.06. The molecule has 1 N–H and O–H groups in total. The van der Waals surface area contributed by atoms with E-state index in [9.17, 15) is 4.79 Å². The highest BCUT2D eigenvalue weighted by Gasteiger charge is 2.14. The Balaban J connectivity index is 2.36. The maximum atomic E-state index is 12.3. The van der Waals surface area contributed by atoms with Crippen LogP contribution in [0.3, 0.4) is 0 Å². The van der Waals surface area contributed by atoms with E-state index in [1.54, 1.807) is 30.3 Å². The van der Waals surface area contributed by atoms with Crippen molar-refractivity contribution in [2.24, 2.45) is 5.11 Å². The largest absolute Gasteiger partial charge is 0.706 e. The summed E-state index contributed by atoms with van der Waals surface area (Å²) in [4.78, 5) is 12.3. The normalized spacial score (nSPS) is 10.0. The van der Waals surface area contributed by atoms with Crippen LogP contribution in [0.4, 0.5) is 11.4 Å². The van der Waals surface area contributed by atoms with E-state index in [0.29, 0.717) is 36.0 Å². The maximum Gasteiger partial charge on any atom is 0.255 e. The summed E-state index contributed by atoms with van der Waals surface area (Å²) in [6.07, 6.45) is 0. The number of nitrogens with one attached hydrogen (secondary N) is 1. The number of benzene rings is 2. The standard InChI is InChI=1S/C17H18N3O3/c1-3-22-15-11-14(20-18)16(23-4-2)10-13(15)19-17(21)12-8-6-5-7-9-12/h5-11H,3-4H2,1-2H3,(H,19,21)/q-1. The lowest BCUT2D eigenvalue weighted by atomic mass is 10.2. The molecule has 1 amide bonds. The van der Waals surface area contributed by atoms with Crippen LogP contribution in [0, 0.1) is 0 Å². The van der Waals surface area contributed by atoms with Gasteiger partial charge >= 0.3 is 0 Å². The molecule has 0 bridgehead atoms. The number of carbonyl (C=O) groups is 1. The Morgan fingerprint density at radius 2 is 1.74 bits per heavy atom. The molecule has 0 fully saturated rings. The van der Waals surface area contributed by atoms with E-state index in [-0.39, 0.29) is 11.6 Å². The second-order valence-corrected chi connectivity index (χ2v) is 4.60. The van der Waals surface area contributed by atoms with Crippen LogP contribution in [0.1, 0.15) is 24.2 Å². The molecular weight excluding hydrogens is 294 g/mol. The molecule has 0 aromatic heterocycles. The molecular formula is C17H18N3O3-. The first-order valence-electron chi connectivity index (χ1n) is 7.34. The fourth-order valence-electron chi connectivity index (χ4n) is 2.06. The number of carbonyl (C=O) groups excluding carboxylic acids is 1. The Labute approximate surface area is 134 Å². The second kappa shape index (κ2) is 7.93. The number of hydrogen-bond acceptors (Lipinski definition) is 4. The third kappa shape index (κ3) is 4.06. The summed E-state index contributed by atoms with van der Waals surface area (Å²) in [5.41, 5.74) is 10.3. The van der Waals surface area contributed by atoms with Crippen molar-refractivity contribution in [2.45, 2.75) is 13.8 Å². The van der Waals surface area contributed by atoms with Crippen molar-refractivity contribution in [3.63, 3.8) is 0 Å². The molecule has 2 aromatic carbocycles. The van der Waals surface area contributed by atoms with Crippen LogP contribution in [-0.4, -0.2) is 19.1 Å². The second-order valence-electron chi connectivity index (χ2n) is 4.60. The van der Waals surface area contributed by atoms with Gasteiger partial charge in [0.2, 0.25) is 0 Å². The van der Waals surface area contributed by atoms with Crippen LogP contribution >= 0.6 is 0 Å². The number of rotatable bonds is 7.